The molecule has 0 aromatic heterocycles. The molecule has 0 aliphatic carbocycles. The Labute approximate surface area is 112 Å². The van der Waals surface area contributed by atoms with Gasteiger partial charge in [-0.2, -0.15) is 0 Å². The van der Waals surface area contributed by atoms with Crippen molar-refractivity contribution < 1.29 is 19.5 Å². The lowest BCUT2D eigenvalue weighted by molar-refractivity contribution is -0.138. The van der Waals surface area contributed by atoms with E-state index in [9.17, 15) is 14.4 Å². The molecule has 1 fully saturated rings. The van der Waals surface area contributed by atoms with Crippen molar-refractivity contribution in [2.75, 3.05) is 20.1 Å². The van der Waals surface area contributed by atoms with Gasteiger partial charge in [-0.15, -0.1) is 0 Å². The molecule has 0 bridgehead atoms. The van der Waals surface area contributed by atoms with Crippen molar-refractivity contribution in [1.29, 1.82) is 0 Å². The SMILES string of the molecule is CNC(=O)NC(=O)C(C)N1CCCC(CC(=O)O)C1. The number of carbonyl (C=O) groups excluding carboxylic acids is 2. The van der Waals surface area contributed by atoms with Gasteiger partial charge in [0.1, 0.15) is 0 Å². The highest BCUT2D eigenvalue weighted by atomic mass is 16.4. The predicted octanol–water partition coefficient (Wildman–Crippen LogP) is 0.0172. The fourth-order valence-corrected chi connectivity index (χ4v) is 2.31. The molecule has 0 aromatic rings. The summed E-state index contributed by atoms with van der Waals surface area (Å²) in [7, 11) is 1.44. The highest BCUT2D eigenvalue weighted by Gasteiger charge is 2.28. The number of rotatable bonds is 4. The molecular formula is C12H21N3O4. The number of likely N-dealkylation sites (tertiary alicyclic amines) is 1. The van der Waals surface area contributed by atoms with E-state index in [1.165, 1.54) is 7.05 Å². The van der Waals surface area contributed by atoms with Gasteiger partial charge < -0.3 is 10.4 Å². The molecule has 3 N–H and O–H groups in total. The Morgan fingerprint density at radius 2 is 2.11 bits per heavy atom. The van der Waals surface area contributed by atoms with Crippen LogP contribution < -0.4 is 10.6 Å². The molecule has 1 aliphatic heterocycles. The Morgan fingerprint density at radius 1 is 1.42 bits per heavy atom. The van der Waals surface area contributed by atoms with E-state index in [2.05, 4.69) is 10.6 Å². The molecule has 1 saturated heterocycles. The number of amides is 3. The Kier molecular flexibility index (Phi) is 5.75. The second-order valence-electron chi connectivity index (χ2n) is 4.85. The number of hydrogen-bond donors (Lipinski definition) is 3. The van der Waals surface area contributed by atoms with Gasteiger partial charge >= 0.3 is 12.0 Å². The highest BCUT2D eigenvalue weighted by molar-refractivity contribution is 5.96. The molecule has 1 heterocycles. The van der Waals surface area contributed by atoms with Crippen LogP contribution in [0.15, 0.2) is 0 Å². The van der Waals surface area contributed by atoms with E-state index in [-0.39, 0.29) is 18.2 Å². The molecule has 108 valence electrons. The number of imide groups is 1. The van der Waals surface area contributed by atoms with Crippen LogP contribution >= 0.6 is 0 Å². The summed E-state index contributed by atoms with van der Waals surface area (Å²) in [5, 5.41) is 13.4. The van der Waals surface area contributed by atoms with Crippen LogP contribution in [-0.2, 0) is 9.59 Å². The monoisotopic (exact) mass is 271 g/mol. The molecular weight excluding hydrogens is 250 g/mol. The average Bonchev–Trinajstić information content (AvgIpc) is 2.37. The number of urea groups is 1. The summed E-state index contributed by atoms with van der Waals surface area (Å²) in [6, 6.07) is -0.968. The standard InChI is InChI=1S/C12H21N3O4/c1-8(11(18)14-12(19)13-2)15-5-3-4-9(7-15)6-10(16)17/h8-9H,3-7H2,1-2H3,(H,16,17)(H2,13,14,18,19). The van der Waals surface area contributed by atoms with Crippen LogP contribution in [0.1, 0.15) is 26.2 Å². The van der Waals surface area contributed by atoms with Crippen molar-refractivity contribution >= 4 is 17.9 Å². The minimum absolute atomic E-state index is 0.0708. The maximum absolute atomic E-state index is 11.8. The first-order valence-corrected chi connectivity index (χ1v) is 6.42. The van der Waals surface area contributed by atoms with E-state index in [0.717, 1.165) is 19.4 Å². The first-order valence-electron chi connectivity index (χ1n) is 6.42. The zero-order valence-corrected chi connectivity index (χ0v) is 11.3. The Morgan fingerprint density at radius 3 is 2.68 bits per heavy atom. The van der Waals surface area contributed by atoms with Crippen molar-refractivity contribution in [1.82, 2.24) is 15.5 Å². The summed E-state index contributed by atoms with van der Waals surface area (Å²) in [6.45, 7) is 3.05. The van der Waals surface area contributed by atoms with E-state index < -0.39 is 18.0 Å². The number of nitrogens with one attached hydrogen (secondary N) is 2. The molecule has 1 rings (SSSR count). The third kappa shape index (κ3) is 4.86. The Bertz CT molecular complexity index is 359. The second kappa shape index (κ2) is 7.08. The van der Waals surface area contributed by atoms with E-state index in [4.69, 9.17) is 5.11 Å². The first-order chi connectivity index (χ1) is 8.93. The second-order valence-corrected chi connectivity index (χ2v) is 4.85. The van der Waals surface area contributed by atoms with Crippen LogP contribution in [0, 0.1) is 5.92 Å². The van der Waals surface area contributed by atoms with Gasteiger partial charge in [-0.1, -0.05) is 0 Å². The average molecular weight is 271 g/mol. The number of carboxylic acids is 1. The van der Waals surface area contributed by atoms with Gasteiger partial charge in [0.05, 0.1) is 6.04 Å². The smallest absolute Gasteiger partial charge is 0.321 e. The molecule has 2 unspecified atom stereocenters. The fraction of sp³-hybridized carbons (Fsp3) is 0.750. The van der Waals surface area contributed by atoms with Gasteiger partial charge in [0.25, 0.3) is 0 Å². The molecule has 7 heteroatoms. The zero-order valence-electron chi connectivity index (χ0n) is 11.3. The van der Waals surface area contributed by atoms with E-state index in [1.54, 1.807) is 6.92 Å². The number of hydrogen-bond acceptors (Lipinski definition) is 4. The van der Waals surface area contributed by atoms with Crippen molar-refractivity contribution in [2.24, 2.45) is 5.92 Å². The molecule has 0 aromatic carbocycles. The topological polar surface area (TPSA) is 98.7 Å². The Hall–Kier alpha value is -1.63. The number of aliphatic carboxylic acids is 1. The van der Waals surface area contributed by atoms with Crippen LogP contribution in [0.25, 0.3) is 0 Å². The quantitative estimate of drug-likeness (QED) is 0.669. The summed E-state index contributed by atoms with van der Waals surface area (Å²) >= 11 is 0. The summed E-state index contributed by atoms with van der Waals surface area (Å²) in [5.41, 5.74) is 0. The van der Waals surface area contributed by atoms with Crippen LogP contribution in [-0.4, -0.2) is 54.1 Å². The van der Waals surface area contributed by atoms with Gasteiger partial charge in [-0.3, -0.25) is 19.8 Å². The van der Waals surface area contributed by atoms with Gasteiger partial charge in [-0.05, 0) is 32.2 Å². The minimum atomic E-state index is -0.811. The molecule has 2 atom stereocenters. The highest BCUT2D eigenvalue weighted by Crippen LogP contribution is 2.21. The lowest BCUT2D eigenvalue weighted by Crippen LogP contribution is -2.51. The largest absolute Gasteiger partial charge is 0.481 e. The summed E-state index contributed by atoms with van der Waals surface area (Å²) in [4.78, 5) is 35.5. The fourth-order valence-electron chi connectivity index (χ4n) is 2.31. The van der Waals surface area contributed by atoms with Gasteiger partial charge in [0.2, 0.25) is 5.91 Å². The molecule has 0 saturated carbocycles. The molecule has 1 aliphatic rings. The number of carboxylic acid groups (broad SMARTS) is 1. The molecule has 7 nitrogen and oxygen atoms in total. The van der Waals surface area contributed by atoms with Gasteiger partial charge in [0.15, 0.2) is 0 Å². The predicted molar refractivity (Wildman–Crippen MR) is 68.6 cm³/mol. The molecule has 0 spiro atoms. The van der Waals surface area contributed by atoms with Crippen molar-refractivity contribution in [2.45, 2.75) is 32.2 Å². The molecule has 19 heavy (non-hydrogen) atoms. The normalized spacial score (nSPS) is 21.5. The minimum Gasteiger partial charge on any atom is -0.481 e. The number of carbonyl (C=O) groups is 3. The van der Waals surface area contributed by atoms with Crippen molar-refractivity contribution in [3.05, 3.63) is 0 Å². The van der Waals surface area contributed by atoms with Crippen LogP contribution in [0.5, 0.6) is 0 Å². The third-order valence-corrected chi connectivity index (χ3v) is 3.40. The maximum Gasteiger partial charge on any atom is 0.321 e. The number of nitrogens with zero attached hydrogens (tertiary/aromatic N) is 1. The first kappa shape index (κ1) is 15.4. The summed E-state index contributed by atoms with van der Waals surface area (Å²) in [6.07, 6.45) is 1.86. The van der Waals surface area contributed by atoms with E-state index >= 15 is 0 Å². The van der Waals surface area contributed by atoms with E-state index in [1.807, 2.05) is 4.90 Å². The number of piperidine rings is 1. The maximum atomic E-state index is 11.8. The van der Waals surface area contributed by atoms with Crippen molar-refractivity contribution in [3.8, 4) is 0 Å². The lowest BCUT2D eigenvalue weighted by atomic mass is 9.94. The zero-order chi connectivity index (χ0) is 14.4. The third-order valence-electron chi connectivity index (χ3n) is 3.40. The van der Waals surface area contributed by atoms with Crippen molar-refractivity contribution in [3.63, 3.8) is 0 Å². The van der Waals surface area contributed by atoms with E-state index in [0.29, 0.717) is 6.54 Å². The molecule has 0 radical (unpaired) electrons. The Balaban J connectivity index is 2.51. The molecule has 3 amide bonds. The van der Waals surface area contributed by atoms with Crippen LogP contribution in [0.2, 0.25) is 0 Å². The lowest BCUT2D eigenvalue weighted by Gasteiger charge is -2.35. The van der Waals surface area contributed by atoms with Crippen LogP contribution in [0.4, 0.5) is 4.79 Å². The van der Waals surface area contributed by atoms with Gasteiger partial charge in [-0.25, -0.2) is 4.79 Å². The summed E-state index contributed by atoms with van der Waals surface area (Å²) in [5.74, 6) is -1.11. The van der Waals surface area contributed by atoms with Gasteiger partial charge in [0, 0.05) is 20.0 Å². The summed E-state index contributed by atoms with van der Waals surface area (Å²) < 4.78 is 0. The van der Waals surface area contributed by atoms with Crippen LogP contribution in [0.3, 0.4) is 0 Å².